The number of furan rings is 1. The number of hydrogen-bond donors (Lipinski definition) is 1. The normalized spacial score (nSPS) is 16.2. The van der Waals surface area contributed by atoms with Gasteiger partial charge in [0, 0.05) is 22.7 Å². The molecule has 1 aliphatic rings. The van der Waals surface area contributed by atoms with E-state index in [4.69, 9.17) is 21.1 Å². The van der Waals surface area contributed by atoms with Crippen molar-refractivity contribution >= 4 is 68.1 Å². The van der Waals surface area contributed by atoms with Crippen molar-refractivity contribution in [3.05, 3.63) is 79.8 Å². The fourth-order valence-electron chi connectivity index (χ4n) is 3.31. The molecule has 4 rings (SSSR count). The van der Waals surface area contributed by atoms with Gasteiger partial charge in [-0.3, -0.25) is 9.69 Å². The van der Waals surface area contributed by atoms with E-state index in [0.29, 0.717) is 38.8 Å². The molecule has 1 saturated heterocycles. The number of nitrogens with zero attached hydrogens (tertiary/aromatic N) is 2. The molecule has 2 heterocycles. The van der Waals surface area contributed by atoms with Gasteiger partial charge in [0.1, 0.15) is 11.5 Å². The predicted octanol–water partition coefficient (Wildman–Crippen LogP) is 6.99. The Balaban J connectivity index is 1.61. The number of aliphatic imine (C=N–C) groups is 1. The molecule has 6 nitrogen and oxygen atoms in total. The van der Waals surface area contributed by atoms with E-state index in [9.17, 15) is 9.59 Å². The highest BCUT2D eigenvalue weighted by atomic mass is 79.9. The number of benzene rings is 2. The largest absolute Gasteiger partial charge is 0.478 e. The Kier molecular flexibility index (Phi) is 6.78. The monoisotopic (exact) mass is 544 g/mol. The SMILES string of the molecule is CCN1C(=O)/C(=C/c2ccc(-c3ccc(C(=O)O)cc3C)o2)SC1=Nc1ccc(Br)c(Cl)c1. The van der Waals surface area contributed by atoms with Crippen LogP contribution in [0.5, 0.6) is 0 Å². The molecule has 1 N–H and O–H groups in total. The molecule has 0 aliphatic carbocycles. The number of carbonyl (C=O) groups excluding carboxylic acids is 1. The molecular formula is C24H18BrClN2O4S. The first-order valence-corrected chi connectivity index (χ1v) is 11.9. The lowest BCUT2D eigenvalue weighted by atomic mass is 10.0. The first-order valence-electron chi connectivity index (χ1n) is 9.96. The van der Waals surface area contributed by atoms with Crippen LogP contribution in [-0.4, -0.2) is 33.6 Å². The number of rotatable bonds is 5. The third kappa shape index (κ3) is 4.93. The molecule has 1 aliphatic heterocycles. The number of amides is 1. The van der Waals surface area contributed by atoms with Crippen molar-refractivity contribution in [1.29, 1.82) is 0 Å². The van der Waals surface area contributed by atoms with Crippen molar-refractivity contribution < 1.29 is 19.1 Å². The molecule has 1 aromatic heterocycles. The van der Waals surface area contributed by atoms with Crippen LogP contribution in [0.15, 0.2) is 67.3 Å². The van der Waals surface area contributed by atoms with E-state index < -0.39 is 5.97 Å². The van der Waals surface area contributed by atoms with Crippen LogP contribution >= 0.6 is 39.3 Å². The van der Waals surface area contributed by atoms with Crippen LogP contribution in [0, 0.1) is 6.92 Å². The van der Waals surface area contributed by atoms with Crippen LogP contribution in [0.2, 0.25) is 5.02 Å². The van der Waals surface area contributed by atoms with Gasteiger partial charge in [-0.1, -0.05) is 17.7 Å². The first kappa shape index (κ1) is 23.4. The summed E-state index contributed by atoms with van der Waals surface area (Å²) in [6.45, 7) is 4.19. The number of carbonyl (C=O) groups is 2. The van der Waals surface area contributed by atoms with Crippen LogP contribution in [0.1, 0.15) is 28.6 Å². The van der Waals surface area contributed by atoms with Gasteiger partial charge in [0.05, 0.1) is 21.2 Å². The standard InChI is InChI=1S/C24H18BrClN2O4S/c1-3-28-22(29)21(33-24(28)27-15-5-8-18(25)19(26)11-15)12-16-6-9-20(32-16)17-7-4-14(23(30)31)10-13(17)2/h4-12H,3H2,1-2H3,(H,30,31)/b21-12-,27-24?. The molecule has 0 spiro atoms. The Morgan fingerprint density at radius 2 is 2.03 bits per heavy atom. The maximum atomic E-state index is 12.9. The summed E-state index contributed by atoms with van der Waals surface area (Å²) in [5.74, 6) is -0.0110. The second kappa shape index (κ2) is 9.59. The minimum absolute atomic E-state index is 0.149. The lowest BCUT2D eigenvalue weighted by molar-refractivity contribution is -0.122. The van der Waals surface area contributed by atoms with Gasteiger partial charge in [-0.05, 0) is 89.6 Å². The minimum atomic E-state index is -0.977. The molecule has 0 bridgehead atoms. The summed E-state index contributed by atoms with van der Waals surface area (Å²) in [6, 6.07) is 13.8. The quantitative estimate of drug-likeness (QED) is 0.349. The van der Waals surface area contributed by atoms with E-state index in [0.717, 1.165) is 15.6 Å². The maximum Gasteiger partial charge on any atom is 0.335 e. The number of halogens is 2. The Bertz CT molecular complexity index is 1330. The predicted molar refractivity (Wildman–Crippen MR) is 135 cm³/mol. The highest BCUT2D eigenvalue weighted by Gasteiger charge is 2.32. The van der Waals surface area contributed by atoms with Gasteiger partial charge >= 0.3 is 5.97 Å². The summed E-state index contributed by atoms with van der Waals surface area (Å²) >= 11 is 10.8. The summed E-state index contributed by atoms with van der Waals surface area (Å²) in [6.07, 6.45) is 1.69. The van der Waals surface area contributed by atoms with E-state index in [1.807, 2.05) is 26.0 Å². The smallest absolute Gasteiger partial charge is 0.335 e. The van der Waals surface area contributed by atoms with E-state index >= 15 is 0 Å². The van der Waals surface area contributed by atoms with Crippen molar-refractivity contribution in [2.45, 2.75) is 13.8 Å². The van der Waals surface area contributed by atoms with Crippen LogP contribution in [-0.2, 0) is 4.79 Å². The molecule has 1 amide bonds. The van der Waals surface area contributed by atoms with Gasteiger partial charge in [0.15, 0.2) is 5.17 Å². The number of carboxylic acid groups (broad SMARTS) is 1. The van der Waals surface area contributed by atoms with Crippen LogP contribution in [0.3, 0.4) is 0 Å². The van der Waals surface area contributed by atoms with Gasteiger partial charge in [-0.25, -0.2) is 9.79 Å². The van der Waals surface area contributed by atoms with Gasteiger partial charge in [-0.15, -0.1) is 0 Å². The zero-order chi connectivity index (χ0) is 23.7. The number of aromatic carboxylic acids is 1. The highest BCUT2D eigenvalue weighted by molar-refractivity contribution is 9.10. The number of carboxylic acids is 1. The van der Waals surface area contributed by atoms with Crippen LogP contribution in [0.4, 0.5) is 5.69 Å². The number of hydrogen-bond acceptors (Lipinski definition) is 5. The van der Waals surface area contributed by atoms with Gasteiger partial charge in [-0.2, -0.15) is 0 Å². The molecule has 33 heavy (non-hydrogen) atoms. The molecule has 9 heteroatoms. The fourth-order valence-corrected chi connectivity index (χ4v) is 4.78. The lowest BCUT2D eigenvalue weighted by Gasteiger charge is -2.12. The Hall–Kier alpha value is -2.81. The van der Waals surface area contributed by atoms with Gasteiger partial charge in [0.25, 0.3) is 5.91 Å². The summed E-state index contributed by atoms with van der Waals surface area (Å²) in [7, 11) is 0. The zero-order valence-corrected chi connectivity index (χ0v) is 20.8. The number of amidine groups is 1. The average Bonchev–Trinajstić information content (AvgIpc) is 3.35. The van der Waals surface area contributed by atoms with E-state index in [2.05, 4.69) is 20.9 Å². The third-order valence-corrected chi connectivity index (χ3v) is 7.21. The fraction of sp³-hybridized carbons (Fsp3) is 0.125. The summed E-state index contributed by atoms with van der Waals surface area (Å²) in [4.78, 5) is 30.8. The van der Waals surface area contributed by atoms with Gasteiger partial charge < -0.3 is 9.52 Å². The zero-order valence-electron chi connectivity index (χ0n) is 17.6. The second-order valence-corrected chi connectivity index (χ2v) is 9.46. The maximum absolute atomic E-state index is 12.9. The topological polar surface area (TPSA) is 83.1 Å². The van der Waals surface area contributed by atoms with E-state index in [1.54, 1.807) is 41.3 Å². The van der Waals surface area contributed by atoms with E-state index in [-0.39, 0.29) is 11.5 Å². The third-order valence-electron chi connectivity index (χ3n) is 4.97. The van der Waals surface area contributed by atoms with Crippen molar-refractivity contribution in [3.8, 4) is 11.3 Å². The Morgan fingerprint density at radius 1 is 1.24 bits per heavy atom. The Morgan fingerprint density at radius 3 is 2.70 bits per heavy atom. The second-order valence-electron chi connectivity index (χ2n) is 7.19. The molecule has 1 fully saturated rings. The molecule has 0 radical (unpaired) electrons. The average molecular weight is 546 g/mol. The minimum Gasteiger partial charge on any atom is -0.478 e. The molecule has 2 aromatic carbocycles. The van der Waals surface area contributed by atoms with Crippen LogP contribution in [0.25, 0.3) is 17.4 Å². The van der Waals surface area contributed by atoms with E-state index in [1.165, 1.54) is 17.8 Å². The summed E-state index contributed by atoms with van der Waals surface area (Å²) in [5, 5.41) is 10.3. The van der Waals surface area contributed by atoms with Crippen LogP contribution < -0.4 is 0 Å². The number of aryl methyl sites for hydroxylation is 1. The molecule has 0 unspecified atom stereocenters. The summed E-state index contributed by atoms with van der Waals surface area (Å²) in [5.41, 5.74) is 2.45. The lowest BCUT2D eigenvalue weighted by Crippen LogP contribution is -2.28. The molecular weight excluding hydrogens is 528 g/mol. The first-order chi connectivity index (χ1) is 15.8. The highest BCUT2D eigenvalue weighted by Crippen LogP contribution is 2.36. The van der Waals surface area contributed by atoms with Crippen molar-refractivity contribution in [3.63, 3.8) is 0 Å². The Labute approximate surface area is 208 Å². The van der Waals surface area contributed by atoms with Crippen molar-refractivity contribution in [1.82, 2.24) is 4.90 Å². The van der Waals surface area contributed by atoms with Crippen molar-refractivity contribution in [2.75, 3.05) is 6.54 Å². The number of likely N-dealkylation sites (N-methyl/N-ethyl adjacent to an activating group) is 1. The van der Waals surface area contributed by atoms with Gasteiger partial charge in [0.2, 0.25) is 0 Å². The molecule has 0 atom stereocenters. The summed E-state index contributed by atoms with van der Waals surface area (Å²) < 4.78 is 6.72. The molecule has 3 aromatic rings. The van der Waals surface area contributed by atoms with Crippen molar-refractivity contribution in [2.24, 2.45) is 4.99 Å². The molecule has 168 valence electrons. The number of thioether (sulfide) groups is 1. The molecule has 0 saturated carbocycles.